The van der Waals surface area contributed by atoms with Crippen molar-refractivity contribution in [2.45, 2.75) is 0 Å². The lowest BCUT2D eigenvalue weighted by atomic mass is 9.95. The van der Waals surface area contributed by atoms with Crippen LogP contribution in [0.2, 0.25) is 0 Å². The van der Waals surface area contributed by atoms with Crippen molar-refractivity contribution in [1.82, 2.24) is 0 Å². The number of para-hydroxylation sites is 1. The Balaban J connectivity index is 1.20. The van der Waals surface area contributed by atoms with Gasteiger partial charge in [0.1, 0.15) is 11.2 Å². The molecule has 0 N–H and O–H groups in total. The number of nitrogens with zero attached hydrogens (tertiary/aromatic N) is 1. The van der Waals surface area contributed by atoms with E-state index in [1.165, 1.54) is 43.6 Å². The van der Waals surface area contributed by atoms with Crippen LogP contribution in [0.25, 0.3) is 76.5 Å². The number of fused-ring (bicyclic) bond motifs is 8. The van der Waals surface area contributed by atoms with Gasteiger partial charge in [-0.3, -0.25) is 0 Å². The topological polar surface area (TPSA) is 16.4 Å². The highest BCUT2D eigenvalue weighted by Crippen LogP contribution is 2.45. The number of rotatable bonds is 5. The zero-order valence-electron chi connectivity index (χ0n) is 27.3. The number of hydrogen-bond donors (Lipinski definition) is 0. The van der Waals surface area contributed by atoms with Crippen molar-refractivity contribution in [3.05, 3.63) is 188 Å². The second-order valence-corrected chi connectivity index (χ2v) is 12.9. The fraction of sp³-hybridized carbons (Fsp3) is 0. The van der Waals surface area contributed by atoms with Gasteiger partial charge in [-0.1, -0.05) is 146 Å². The summed E-state index contributed by atoms with van der Waals surface area (Å²) in [7, 11) is 0. The molecule has 0 unspecified atom stereocenters. The van der Waals surface area contributed by atoms with Gasteiger partial charge in [0.15, 0.2) is 0 Å². The summed E-state index contributed by atoms with van der Waals surface area (Å²) in [5, 5.41) is 9.51. The zero-order valence-corrected chi connectivity index (χ0v) is 27.3. The van der Waals surface area contributed by atoms with Gasteiger partial charge in [-0.15, -0.1) is 0 Å². The van der Waals surface area contributed by atoms with Crippen molar-refractivity contribution in [3.63, 3.8) is 0 Å². The van der Waals surface area contributed by atoms with Gasteiger partial charge < -0.3 is 9.32 Å². The summed E-state index contributed by atoms with van der Waals surface area (Å²) in [6.45, 7) is 0. The van der Waals surface area contributed by atoms with Gasteiger partial charge in [0.2, 0.25) is 0 Å². The van der Waals surface area contributed by atoms with Gasteiger partial charge in [-0.25, -0.2) is 0 Å². The predicted molar refractivity (Wildman–Crippen MR) is 212 cm³/mol. The van der Waals surface area contributed by atoms with Crippen LogP contribution in [0.15, 0.2) is 192 Å². The van der Waals surface area contributed by atoms with Crippen molar-refractivity contribution in [1.29, 1.82) is 0 Å². The zero-order chi connectivity index (χ0) is 33.0. The van der Waals surface area contributed by atoms with Crippen LogP contribution < -0.4 is 4.90 Å². The molecular weight excluding hydrogens is 607 g/mol. The van der Waals surface area contributed by atoms with Gasteiger partial charge in [0.05, 0.1) is 5.69 Å². The summed E-state index contributed by atoms with van der Waals surface area (Å²) < 4.78 is 6.52. The molecule has 0 radical (unpaired) electrons. The number of hydrogen-bond acceptors (Lipinski definition) is 2. The van der Waals surface area contributed by atoms with E-state index in [-0.39, 0.29) is 0 Å². The third-order valence-corrected chi connectivity index (χ3v) is 10.0. The molecule has 1 aromatic heterocycles. The Kier molecular flexibility index (Phi) is 6.53. The molecule has 10 aromatic rings. The molecule has 2 nitrogen and oxygen atoms in total. The van der Waals surface area contributed by atoms with Gasteiger partial charge in [-0.05, 0) is 86.3 Å². The van der Waals surface area contributed by atoms with Crippen LogP contribution >= 0.6 is 0 Å². The number of anilines is 3. The highest BCUT2D eigenvalue weighted by atomic mass is 16.3. The van der Waals surface area contributed by atoms with E-state index in [2.05, 4.69) is 187 Å². The van der Waals surface area contributed by atoms with Gasteiger partial charge in [0, 0.05) is 32.9 Å². The lowest BCUT2D eigenvalue weighted by Gasteiger charge is -2.28. The third kappa shape index (κ3) is 4.57. The lowest BCUT2D eigenvalue weighted by Crippen LogP contribution is -2.10. The molecule has 0 atom stereocenters. The molecule has 0 fully saturated rings. The number of furan rings is 1. The Morgan fingerprint density at radius 3 is 1.78 bits per heavy atom. The maximum absolute atomic E-state index is 6.52. The minimum absolute atomic E-state index is 0.907. The SMILES string of the molecule is c1ccc(-c2cccc(N(c3ccc(-c4cc5ccccc5c5oc6ccccc6c45)cc3)c3cc4ccccc4c4ccccc34)c2)cc1. The van der Waals surface area contributed by atoms with E-state index in [1.807, 2.05) is 6.07 Å². The first kappa shape index (κ1) is 28.4. The monoisotopic (exact) mass is 637 g/mol. The maximum Gasteiger partial charge on any atom is 0.143 e. The van der Waals surface area contributed by atoms with Crippen LogP contribution in [0.4, 0.5) is 17.1 Å². The first-order valence-electron chi connectivity index (χ1n) is 17.1. The second-order valence-electron chi connectivity index (χ2n) is 12.9. The largest absolute Gasteiger partial charge is 0.455 e. The number of benzene rings is 9. The first-order valence-corrected chi connectivity index (χ1v) is 17.1. The van der Waals surface area contributed by atoms with E-state index < -0.39 is 0 Å². The molecule has 0 amide bonds. The van der Waals surface area contributed by atoms with E-state index in [0.29, 0.717) is 0 Å². The quantitative estimate of drug-likeness (QED) is 0.175. The molecule has 0 aliphatic rings. The molecule has 0 aliphatic heterocycles. The van der Waals surface area contributed by atoms with Crippen LogP contribution in [0.3, 0.4) is 0 Å². The maximum atomic E-state index is 6.52. The summed E-state index contributed by atoms with van der Waals surface area (Å²) in [4.78, 5) is 2.41. The van der Waals surface area contributed by atoms with Crippen molar-refractivity contribution in [3.8, 4) is 22.3 Å². The average Bonchev–Trinajstić information content (AvgIpc) is 3.59. The van der Waals surface area contributed by atoms with Crippen molar-refractivity contribution >= 4 is 71.3 Å². The van der Waals surface area contributed by atoms with Gasteiger partial charge in [-0.2, -0.15) is 0 Å². The summed E-state index contributed by atoms with van der Waals surface area (Å²) in [5.74, 6) is 0. The van der Waals surface area contributed by atoms with Crippen molar-refractivity contribution in [2.24, 2.45) is 0 Å². The summed E-state index contributed by atoms with van der Waals surface area (Å²) in [5.41, 5.74) is 9.88. The molecule has 2 heteroatoms. The summed E-state index contributed by atoms with van der Waals surface area (Å²) in [6, 6.07) is 67.5. The predicted octanol–water partition coefficient (Wildman–Crippen LogP) is 13.8. The highest BCUT2D eigenvalue weighted by Gasteiger charge is 2.20. The second kappa shape index (κ2) is 11.5. The molecule has 10 rings (SSSR count). The Hall–Kier alpha value is -6.64. The van der Waals surface area contributed by atoms with E-state index in [1.54, 1.807) is 0 Å². The van der Waals surface area contributed by atoms with E-state index in [0.717, 1.165) is 50.0 Å². The molecule has 0 spiro atoms. The minimum atomic E-state index is 0.907. The molecule has 50 heavy (non-hydrogen) atoms. The fourth-order valence-corrected chi connectivity index (χ4v) is 7.68. The minimum Gasteiger partial charge on any atom is -0.455 e. The Morgan fingerprint density at radius 1 is 0.360 bits per heavy atom. The van der Waals surface area contributed by atoms with Gasteiger partial charge in [0.25, 0.3) is 0 Å². The lowest BCUT2D eigenvalue weighted by molar-refractivity contribution is 0.673. The van der Waals surface area contributed by atoms with E-state index >= 15 is 0 Å². The van der Waals surface area contributed by atoms with Crippen LogP contribution in [0.1, 0.15) is 0 Å². The fourth-order valence-electron chi connectivity index (χ4n) is 7.68. The smallest absolute Gasteiger partial charge is 0.143 e. The van der Waals surface area contributed by atoms with Gasteiger partial charge >= 0.3 is 0 Å². The Morgan fingerprint density at radius 2 is 0.980 bits per heavy atom. The van der Waals surface area contributed by atoms with Crippen LogP contribution in [0.5, 0.6) is 0 Å². The van der Waals surface area contributed by atoms with Crippen LogP contribution in [0, 0.1) is 0 Å². The standard InChI is InChI=1S/C48H31NO/c1-2-13-32(14-3-1)34-17-12-18-38(29-34)49(45-31-36-16-4-6-19-39(36)41-21-8-9-22-42(41)45)37-27-25-33(26-28-37)44-30-35-15-5-7-20-40(35)48-47(44)43-23-10-11-24-46(43)50-48/h1-31H. The molecule has 0 aliphatic carbocycles. The molecule has 0 saturated heterocycles. The molecule has 9 aromatic carbocycles. The van der Waals surface area contributed by atoms with E-state index in [4.69, 9.17) is 4.42 Å². The molecular formula is C48H31NO. The van der Waals surface area contributed by atoms with Crippen molar-refractivity contribution in [2.75, 3.05) is 4.90 Å². The highest BCUT2D eigenvalue weighted by molar-refractivity contribution is 6.21. The van der Waals surface area contributed by atoms with Crippen LogP contribution in [-0.2, 0) is 0 Å². The first-order chi connectivity index (χ1) is 24.8. The Bertz CT molecular complexity index is 2870. The van der Waals surface area contributed by atoms with Crippen LogP contribution in [-0.4, -0.2) is 0 Å². The van der Waals surface area contributed by atoms with E-state index in [9.17, 15) is 0 Å². The molecule has 0 saturated carbocycles. The Labute approximate surface area is 290 Å². The summed E-state index contributed by atoms with van der Waals surface area (Å²) >= 11 is 0. The molecule has 1 heterocycles. The normalized spacial score (nSPS) is 11.6. The third-order valence-electron chi connectivity index (χ3n) is 10.0. The average molecular weight is 638 g/mol. The summed E-state index contributed by atoms with van der Waals surface area (Å²) in [6.07, 6.45) is 0. The molecule has 0 bridgehead atoms. The van der Waals surface area contributed by atoms with Crippen molar-refractivity contribution < 1.29 is 4.42 Å². The molecule has 234 valence electrons.